The highest BCUT2D eigenvalue weighted by Gasteiger charge is 2.16. The fourth-order valence-corrected chi connectivity index (χ4v) is 7.92. The lowest BCUT2D eigenvalue weighted by molar-refractivity contribution is 1.28. The van der Waals surface area contributed by atoms with Gasteiger partial charge in [-0.3, -0.25) is 0 Å². The van der Waals surface area contributed by atoms with Gasteiger partial charge in [0, 0.05) is 17.1 Å². The second-order valence-corrected chi connectivity index (χ2v) is 13.8. The molecule has 1 nitrogen and oxygen atoms in total. The molecule has 10 aromatic carbocycles. The van der Waals surface area contributed by atoms with Crippen LogP contribution in [-0.2, 0) is 0 Å². The summed E-state index contributed by atoms with van der Waals surface area (Å²) in [6, 6.07) is 77.4. The summed E-state index contributed by atoms with van der Waals surface area (Å²) in [6.45, 7) is 0. The van der Waals surface area contributed by atoms with E-state index in [2.05, 4.69) is 217 Å². The molecule has 248 valence electrons. The van der Waals surface area contributed by atoms with Crippen molar-refractivity contribution in [2.45, 2.75) is 0 Å². The molecule has 0 aliphatic heterocycles. The monoisotopic (exact) mass is 673 g/mol. The van der Waals surface area contributed by atoms with Gasteiger partial charge in [0.2, 0.25) is 0 Å². The zero-order valence-corrected chi connectivity index (χ0v) is 29.2. The standard InChI is InChI=1S/C52H35N/c1-3-13-39-31-42(25-23-36(39)11-1)38-27-29-46(30-28-38)53(47-18-9-16-41(33-47)43-26-24-37-12-2-4-14-40(37)32-43)48-19-10-17-44(34-48)52-35-45-15-5-6-20-49(45)50-21-7-8-22-51(50)52/h1-35H. The molecule has 0 aliphatic carbocycles. The lowest BCUT2D eigenvalue weighted by atomic mass is 9.93. The summed E-state index contributed by atoms with van der Waals surface area (Å²) in [4.78, 5) is 2.39. The van der Waals surface area contributed by atoms with Crippen LogP contribution in [0.4, 0.5) is 17.1 Å². The van der Waals surface area contributed by atoms with Crippen LogP contribution in [0.25, 0.3) is 76.5 Å². The zero-order chi connectivity index (χ0) is 35.1. The van der Waals surface area contributed by atoms with Crippen LogP contribution in [0.3, 0.4) is 0 Å². The molecule has 0 radical (unpaired) electrons. The first-order valence-electron chi connectivity index (χ1n) is 18.2. The largest absolute Gasteiger partial charge is 0.310 e. The van der Waals surface area contributed by atoms with Crippen molar-refractivity contribution < 1.29 is 0 Å². The highest BCUT2D eigenvalue weighted by molar-refractivity contribution is 6.14. The predicted molar refractivity (Wildman–Crippen MR) is 227 cm³/mol. The molecule has 0 atom stereocenters. The van der Waals surface area contributed by atoms with Crippen LogP contribution in [0, 0.1) is 0 Å². The number of benzene rings is 10. The van der Waals surface area contributed by atoms with E-state index in [1.807, 2.05) is 0 Å². The Labute approximate surface area is 309 Å². The van der Waals surface area contributed by atoms with E-state index >= 15 is 0 Å². The molecule has 10 aromatic rings. The van der Waals surface area contributed by atoms with Gasteiger partial charge < -0.3 is 4.90 Å². The van der Waals surface area contributed by atoms with Crippen LogP contribution in [0.1, 0.15) is 0 Å². The van der Waals surface area contributed by atoms with E-state index in [1.165, 1.54) is 76.5 Å². The number of rotatable bonds is 6. The van der Waals surface area contributed by atoms with Crippen LogP contribution >= 0.6 is 0 Å². The van der Waals surface area contributed by atoms with Gasteiger partial charge in [0.1, 0.15) is 0 Å². The molecule has 0 aliphatic rings. The fourth-order valence-electron chi connectivity index (χ4n) is 7.92. The Hall–Kier alpha value is -6.96. The number of nitrogens with zero attached hydrogens (tertiary/aromatic N) is 1. The molecular weight excluding hydrogens is 639 g/mol. The number of fused-ring (bicyclic) bond motifs is 5. The van der Waals surface area contributed by atoms with Gasteiger partial charge in [0.15, 0.2) is 0 Å². The molecule has 0 fully saturated rings. The van der Waals surface area contributed by atoms with E-state index in [0.29, 0.717) is 0 Å². The second-order valence-electron chi connectivity index (χ2n) is 13.8. The van der Waals surface area contributed by atoms with Gasteiger partial charge in [0.25, 0.3) is 0 Å². The number of hydrogen-bond donors (Lipinski definition) is 0. The van der Waals surface area contributed by atoms with E-state index < -0.39 is 0 Å². The van der Waals surface area contributed by atoms with Crippen molar-refractivity contribution in [2.24, 2.45) is 0 Å². The minimum absolute atomic E-state index is 1.10. The van der Waals surface area contributed by atoms with E-state index in [-0.39, 0.29) is 0 Å². The third kappa shape index (κ3) is 5.69. The van der Waals surface area contributed by atoms with Gasteiger partial charge in [-0.1, -0.05) is 158 Å². The van der Waals surface area contributed by atoms with E-state index in [1.54, 1.807) is 0 Å². The quantitative estimate of drug-likeness (QED) is 0.159. The highest BCUT2D eigenvalue weighted by Crippen LogP contribution is 2.41. The summed E-state index contributed by atoms with van der Waals surface area (Å²) in [5.41, 5.74) is 10.5. The first kappa shape index (κ1) is 30.8. The van der Waals surface area contributed by atoms with Crippen molar-refractivity contribution in [2.75, 3.05) is 4.90 Å². The Morgan fingerprint density at radius 2 is 0.698 bits per heavy atom. The summed E-state index contributed by atoms with van der Waals surface area (Å²) in [5, 5.41) is 10.1. The van der Waals surface area contributed by atoms with E-state index in [4.69, 9.17) is 0 Å². The Kier molecular flexibility index (Phi) is 7.55. The number of hydrogen-bond acceptors (Lipinski definition) is 1. The van der Waals surface area contributed by atoms with Crippen molar-refractivity contribution >= 4 is 60.2 Å². The van der Waals surface area contributed by atoms with Gasteiger partial charge in [-0.05, 0) is 131 Å². The summed E-state index contributed by atoms with van der Waals surface area (Å²) >= 11 is 0. The lowest BCUT2D eigenvalue weighted by Gasteiger charge is -2.27. The van der Waals surface area contributed by atoms with E-state index in [9.17, 15) is 0 Å². The van der Waals surface area contributed by atoms with Gasteiger partial charge >= 0.3 is 0 Å². The molecule has 0 N–H and O–H groups in total. The first-order chi connectivity index (χ1) is 26.2. The van der Waals surface area contributed by atoms with Gasteiger partial charge in [-0.2, -0.15) is 0 Å². The smallest absolute Gasteiger partial charge is 0.0467 e. The maximum absolute atomic E-state index is 2.39. The topological polar surface area (TPSA) is 3.24 Å². The molecule has 0 unspecified atom stereocenters. The molecule has 0 aromatic heterocycles. The predicted octanol–water partition coefficient (Wildman–Crippen LogP) is 14.8. The molecule has 53 heavy (non-hydrogen) atoms. The number of anilines is 3. The maximum Gasteiger partial charge on any atom is 0.0467 e. The summed E-state index contributed by atoms with van der Waals surface area (Å²) in [5.74, 6) is 0. The first-order valence-corrected chi connectivity index (χ1v) is 18.2. The summed E-state index contributed by atoms with van der Waals surface area (Å²) in [7, 11) is 0. The van der Waals surface area contributed by atoms with Crippen LogP contribution in [0.2, 0.25) is 0 Å². The van der Waals surface area contributed by atoms with Crippen LogP contribution < -0.4 is 4.90 Å². The van der Waals surface area contributed by atoms with Crippen molar-refractivity contribution in [3.05, 3.63) is 212 Å². The molecule has 0 bridgehead atoms. The van der Waals surface area contributed by atoms with Crippen LogP contribution in [0.15, 0.2) is 212 Å². The maximum atomic E-state index is 2.39. The van der Waals surface area contributed by atoms with Crippen molar-refractivity contribution in [1.82, 2.24) is 0 Å². The minimum atomic E-state index is 1.10. The van der Waals surface area contributed by atoms with E-state index in [0.717, 1.165) is 17.1 Å². The van der Waals surface area contributed by atoms with Gasteiger partial charge in [-0.25, -0.2) is 0 Å². The van der Waals surface area contributed by atoms with Crippen molar-refractivity contribution in [1.29, 1.82) is 0 Å². The lowest BCUT2D eigenvalue weighted by Crippen LogP contribution is -2.10. The third-order valence-corrected chi connectivity index (χ3v) is 10.6. The Bertz CT molecular complexity index is 2960. The average Bonchev–Trinajstić information content (AvgIpc) is 3.23. The fraction of sp³-hybridized carbons (Fsp3) is 0. The summed E-state index contributed by atoms with van der Waals surface area (Å²) < 4.78 is 0. The van der Waals surface area contributed by atoms with Crippen molar-refractivity contribution in [3.63, 3.8) is 0 Å². The normalized spacial score (nSPS) is 11.4. The molecule has 0 spiro atoms. The minimum Gasteiger partial charge on any atom is -0.310 e. The molecule has 1 heteroatoms. The Morgan fingerprint density at radius 3 is 1.36 bits per heavy atom. The highest BCUT2D eigenvalue weighted by atomic mass is 15.1. The molecule has 0 saturated heterocycles. The second kappa shape index (κ2) is 13.0. The Morgan fingerprint density at radius 1 is 0.226 bits per heavy atom. The average molecular weight is 674 g/mol. The van der Waals surface area contributed by atoms with Crippen LogP contribution in [0.5, 0.6) is 0 Å². The molecule has 0 amide bonds. The summed E-state index contributed by atoms with van der Waals surface area (Å²) in [6.07, 6.45) is 0. The SMILES string of the molecule is c1cc(-c2ccc3ccccc3c2)cc(N(c2ccc(-c3ccc4ccccc4c3)cc2)c2cccc(-c3cc4ccccc4c4ccccc34)c2)c1. The third-order valence-electron chi connectivity index (χ3n) is 10.6. The van der Waals surface area contributed by atoms with Gasteiger partial charge in [-0.15, -0.1) is 0 Å². The molecule has 0 saturated carbocycles. The van der Waals surface area contributed by atoms with Gasteiger partial charge in [0.05, 0.1) is 0 Å². The Balaban J connectivity index is 1.12. The molecule has 0 heterocycles. The van der Waals surface area contributed by atoms with Crippen LogP contribution in [-0.4, -0.2) is 0 Å². The molecular formula is C52H35N. The molecule has 10 rings (SSSR count). The van der Waals surface area contributed by atoms with Crippen molar-refractivity contribution in [3.8, 4) is 33.4 Å². The zero-order valence-electron chi connectivity index (χ0n) is 29.2.